The van der Waals surface area contributed by atoms with E-state index >= 15 is 0 Å². The molecule has 6 rings (SSSR count). The third-order valence-electron chi connectivity index (χ3n) is 5.47. The second-order valence-corrected chi connectivity index (χ2v) is 8.31. The summed E-state index contributed by atoms with van der Waals surface area (Å²) in [6.07, 6.45) is 6.73. The first kappa shape index (κ1) is 17.5. The van der Waals surface area contributed by atoms with Crippen LogP contribution in [0.5, 0.6) is 0 Å². The van der Waals surface area contributed by atoms with Crippen molar-refractivity contribution in [2.45, 2.75) is 6.42 Å². The van der Waals surface area contributed by atoms with Crippen molar-refractivity contribution in [3.05, 3.63) is 59.6 Å². The molecule has 6 nitrogen and oxygen atoms in total. The van der Waals surface area contributed by atoms with Crippen molar-refractivity contribution >= 4 is 38.8 Å². The van der Waals surface area contributed by atoms with Gasteiger partial charge < -0.3 is 10.3 Å². The summed E-state index contributed by atoms with van der Waals surface area (Å²) < 4.78 is 13.6. The van der Waals surface area contributed by atoms with E-state index in [0.717, 1.165) is 80.3 Å². The van der Waals surface area contributed by atoms with Crippen molar-refractivity contribution in [3.63, 3.8) is 0 Å². The molecule has 3 N–H and O–H groups in total. The summed E-state index contributed by atoms with van der Waals surface area (Å²) in [5, 5.41) is 12.7. The highest BCUT2D eigenvalue weighted by atomic mass is 32.1. The molecule has 30 heavy (non-hydrogen) atoms. The maximum atomic E-state index is 13.6. The number of aromatic nitrogens is 5. The lowest BCUT2D eigenvalue weighted by Crippen LogP contribution is -2.20. The van der Waals surface area contributed by atoms with E-state index in [9.17, 15) is 4.39 Å². The Hall–Kier alpha value is -3.36. The topological polar surface area (TPSA) is 82.3 Å². The number of hydrogen-bond donors (Lipinski definition) is 3. The maximum Gasteiger partial charge on any atom is 0.176 e. The maximum absolute atomic E-state index is 13.6. The highest BCUT2D eigenvalue weighted by molar-refractivity contribution is 7.14. The molecule has 0 bridgehead atoms. The summed E-state index contributed by atoms with van der Waals surface area (Å²) in [6.45, 7) is 1.83. The number of halogens is 1. The third kappa shape index (κ3) is 2.84. The van der Waals surface area contributed by atoms with Crippen molar-refractivity contribution in [1.29, 1.82) is 0 Å². The molecule has 1 aliphatic heterocycles. The quantitative estimate of drug-likeness (QED) is 0.397. The van der Waals surface area contributed by atoms with E-state index in [4.69, 9.17) is 0 Å². The van der Waals surface area contributed by atoms with E-state index in [2.05, 4.69) is 42.6 Å². The number of nitrogens with one attached hydrogen (secondary N) is 3. The molecule has 0 saturated heterocycles. The Balaban J connectivity index is 1.49. The summed E-state index contributed by atoms with van der Waals surface area (Å²) in [5.74, 6) is 0. The Morgan fingerprint density at radius 2 is 2.03 bits per heavy atom. The molecule has 0 amide bonds. The van der Waals surface area contributed by atoms with Gasteiger partial charge in [0, 0.05) is 34.0 Å². The van der Waals surface area contributed by atoms with E-state index in [1.807, 2.05) is 18.3 Å². The fourth-order valence-electron chi connectivity index (χ4n) is 3.98. The van der Waals surface area contributed by atoms with Crippen LogP contribution in [0.1, 0.15) is 12.1 Å². The Kier molecular flexibility index (Phi) is 4.00. The van der Waals surface area contributed by atoms with Gasteiger partial charge in [0.05, 0.1) is 23.1 Å². The molecule has 0 spiro atoms. The monoisotopic (exact) mass is 416 g/mol. The van der Waals surface area contributed by atoms with Gasteiger partial charge in [0.1, 0.15) is 11.3 Å². The predicted molar refractivity (Wildman–Crippen MR) is 118 cm³/mol. The molecule has 5 aromatic heterocycles. The number of thiophene rings is 1. The first-order valence-corrected chi connectivity index (χ1v) is 10.6. The van der Waals surface area contributed by atoms with Crippen LogP contribution in [0.15, 0.2) is 48.8 Å². The number of nitrogens with zero attached hydrogens (tertiary/aromatic N) is 3. The standard InChI is InChI=1S/C22H17FN6S/c23-20-2-1-19(30-20)13-5-8-25-22-14(13)9-17(27-22)21-15-10-16(12-3-6-24-7-4-12)26-11-18(15)28-29-21/h1-3,5,8-11,24H,4,6-7H2,(H,25,27)(H,28,29). The van der Waals surface area contributed by atoms with Gasteiger partial charge in [0.15, 0.2) is 5.13 Å². The van der Waals surface area contributed by atoms with Crippen molar-refractivity contribution < 1.29 is 4.39 Å². The summed E-state index contributed by atoms with van der Waals surface area (Å²) in [7, 11) is 0. The molecular formula is C22H17FN6S. The predicted octanol–water partition coefficient (Wildman–Crippen LogP) is 4.75. The van der Waals surface area contributed by atoms with Gasteiger partial charge in [0.2, 0.25) is 0 Å². The van der Waals surface area contributed by atoms with E-state index in [0.29, 0.717) is 0 Å². The molecule has 0 unspecified atom stereocenters. The normalized spacial score (nSPS) is 14.5. The molecule has 8 heteroatoms. The van der Waals surface area contributed by atoms with E-state index in [1.54, 1.807) is 12.3 Å². The highest BCUT2D eigenvalue weighted by Crippen LogP contribution is 2.36. The number of H-pyrrole nitrogens is 2. The fraction of sp³-hybridized carbons (Fsp3) is 0.136. The smallest absolute Gasteiger partial charge is 0.176 e. The summed E-state index contributed by atoms with van der Waals surface area (Å²) in [5.41, 5.74) is 6.52. The number of pyridine rings is 2. The summed E-state index contributed by atoms with van der Waals surface area (Å²) in [4.78, 5) is 13.3. The SMILES string of the molecule is Fc1ccc(-c2ccnc3[nH]c(-c4n[nH]c5cnc(C6=CCNCC6)cc45)cc23)s1. The van der Waals surface area contributed by atoms with Crippen LogP contribution < -0.4 is 5.32 Å². The first-order valence-electron chi connectivity index (χ1n) is 9.74. The van der Waals surface area contributed by atoms with E-state index in [1.165, 1.54) is 11.6 Å². The molecule has 0 atom stereocenters. The first-order chi connectivity index (χ1) is 14.8. The zero-order valence-electron chi connectivity index (χ0n) is 15.9. The Labute approximate surface area is 174 Å². The average Bonchev–Trinajstić information content (AvgIpc) is 3.51. The fourth-order valence-corrected chi connectivity index (χ4v) is 4.75. The molecule has 0 fully saturated rings. The number of fused-ring (bicyclic) bond motifs is 2. The average molecular weight is 416 g/mol. The second-order valence-electron chi connectivity index (χ2n) is 7.28. The number of rotatable bonds is 3. The van der Waals surface area contributed by atoms with Crippen molar-refractivity contribution in [3.8, 4) is 21.8 Å². The molecule has 148 valence electrons. The van der Waals surface area contributed by atoms with Gasteiger partial charge in [-0.25, -0.2) is 4.98 Å². The molecule has 0 radical (unpaired) electrons. The van der Waals surface area contributed by atoms with Crippen molar-refractivity contribution in [2.24, 2.45) is 0 Å². The van der Waals surface area contributed by atoms with E-state index in [-0.39, 0.29) is 5.13 Å². The van der Waals surface area contributed by atoms with Crippen LogP contribution in [-0.4, -0.2) is 38.2 Å². The highest BCUT2D eigenvalue weighted by Gasteiger charge is 2.16. The molecule has 1 aliphatic rings. The lowest BCUT2D eigenvalue weighted by molar-refractivity contribution is 0.657. The summed E-state index contributed by atoms with van der Waals surface area (Å²) >= 11 is 1.13. The van der Waals surface area contributed by atoms with Gasteiger partial charge in [-0.3, -0.25) is 10.1 Å². The van der Waals surface area contributed by atoms with Gasteiger partial charge in [-0.05, 0) is 48.9 Å². The minimum absolute atomic E-state index is 0.198. The van der Waals surface area contributed by atoms with Crippen LogP contribution >= 0.6 is 11.3 Å². The Morgan fingerprint density at radius 1 is 1.07 bits per heavy atom. The molecule has 6 heterocycles. The van der Waals surface area contributed by atoms with Crippen LogP contribution in [-0.2, 0) is 0 Å². The number of aromatic amines is 2. The summed E-state index contributed by atoms with van der Waals surface area (Å²) in [6, 6.07) is 9.34. The minimum atomic E-state index is -0.198. The zero-order valence-corrected chi connectivity index (χ0v) is 16.7. The lowest BCUT2D eigenvalue weighted by atomic mass is 10.0. The molecule has 0 aliphatic carbocycles. The van der Waals surface area contributed by atoms with E-state index < -0.39 is 0 Å². The molecule has 0 aromatic carbocycles. The minimum Gasteiger partial charge on any atom is -0.338 e. The van der Waals surface area contributed by atoms with Crippen LogP contribution in [0.3, 0.4) is 0 Å². The van der Waals surface area contributed by atoms with Gasteiger partial charge in [0.25, 0.3) is 0 Å². The van der Waals surface area contributed by atoms with Crippen molar-refractivity contribution in [2.75, 3.05) is 13.1 Å². The van der Waals surface area contributed by atoms with Gasteiger partial charge in [-0.1, -0.05) is 6.08 Å². The van der Waals surface area contributed by atoms with Gasteiger partial charge in [-0.2, -0.15) is 9.49 Å². The third-order valence-corrected chi connectivity index (χ3v) is 6.37. The molecular weight excluding hydrogens is 399 g/mol. The van der Waals surface area contributed by atoms with Gasteiger partial charge >= 0.3 is 0 Å². The second kappa shape index (κ2) is 6.86. The lowest BCUT2D eigenvalue weighted by Gasteiger charge is -2.13. The molecule has 0 saturated carbocycles. The molecule has 5 aromatic rings. The largest absolute Gasteiger partial charge is 0.338 e. The van der Waals surface area contributed by atoms with Crippen molar-refractivity contribution in [1.82, 2.24) is 30.5 Å². The van der Waals surface area contributed by atoms with Gasteiger partial charge in [-0.15, -0.1) is 11.3 Å². The zero-order chi connectivity index (χ0) is 20.1. The van der Waals surface area contributed by atoms with Crippen LogP contribution in [0, 0.1) is 5.13 Å². The Morgan fingerprint density at radius 3 is 2.87 bits per heavy atom. The Bertz CT molecular complexity index is 1430. The van der Waals surface area contributed by atoms with Crippen LogP contribution in [0.4, 0.5) is 4.39 Å². The van der Waals surface area contributed by atoms with Crippen LogP contribution in [0.25, 0.3) is 49.3 Å². The number of hydrogen-bond acceptors (Lipinski definition) is 5. The van der Waals surface area contributed by atoms with Crippen LogP contribution in [0.2, 0.25) is 0 Å².